The number of ether oxygens (including phenoxy) is 1. The zero-order valence-electron chi connectivity index (χ0n) is 15.6. The fourth-order valence-electron chi connectivity index (χ4n) is 2.49. The van der Waals surface area contributed by atoms with Crippen LogP contribution in [0.4, 0.5) is 0 Å². The number of rotatable bonds is 9. The third-order valence-corrected chi connectivity index (χ3v) is 5.34. The second-order valence-electron chi connectivity index (χ2n) is 5.84. The molecule has 12 heteroatoms. The number of benzene rings is 2. The van der Waals surface area contributed by atoms with Gasteiger partial charge in [-0.1, -0.05) is 12.1 Å². The molecule has 156 valence electrons. The van der Waals surface area contributed by atoms with Crippen LogP contribution in [0, 0.1) is 10.8 Å². The monoisotopic (exact) mass is 422 g/mol. The molecule has 0 radical (unpaired) electrons. The van der Waals surface area contributed by atoms with Gasteiger partial charge in [0.2, 0.25) is 10.0 Å². The SMILES string of the molecule is COc1ccc2cc(S(=O)(=O)N[C@@H](CCCN=C(N)N)C(=O)O)ccc2c1.N#N. The number of hydrogen-bond donors (Lipinski definition) is 4. The highest BCUT2D eigenvalue weighted by molar-refractivity contribution is 7.89. The Balaban J connectivity index is 0.00000204. The van der Waals surface area contributed by atoms with E-state index in [-0.39, 0.29) is 23.8 Å². The molecule has 0 saturated heterocycles. The maximum atomic E-state index is 12.6. The van der Waals surface area contributed by atoms with Crippen molar-refractivity contribution in [3.63, 3.8) is 0 Å². The summed E-state index contributed by atoms with van der Waals surface area (Å²) in [5, 5.41) is 22.8. The molecule has 2 aromatic carbocycles. The number of nitrogens with one attached hydrogen (secondary N) is 1. The van der Waals surface area contributed by atoms with E-state index >= 15 is 0 Å². The lowest BCUT2D eigenvalue weighted by Crippen LogP contribution is -2.40. The Labute approximate surface area is 167 Å². The largest absolute Gasteiger partial charge is 0.497 e. The molecule has 0 saturated carbocycles. The number of fused-ring (bicyclic) bond motifs is 1. The predicted molar refractivity (Wildman–Crippen MR) is 106 cm³/mol. The average Bonchev–Trinajstić information content (AvgIpc) is 2.70. The van der Waals surface area contributed by atoms with E-state index in [0.717, 1.165) is 5.39 Å². The molecule has 6 N–H and O–H groups in total. The van der Waals surface area contributed by atoms with Crippen LogP contribution in [-0.4, -0.2) is 45.1 Å². The molecule has 2 rings (SSSR count). The van der Waals surface area contributed by atoms with Gasteiger partial charge in [-0.25, -0.2) is 8.42 Å². The van der Waals surface area contributed by atoms with Crippen molar-refractivity contribution in [1.82, 2.24) is 4.72 Å². The first kappa shape index (κ1) is 23.6. The number of aliphatic carboxylic acids is 1. The van der Waals surface area contributed by atoms with Crippen molar-refractivity contribution in [2.45, 2.75) is 23.8 Å². The third kappa shape index (κ3) is 6.91. The van der Waals surface area contributed by atoms with Gasteiger partial charge in [0.05, 0.1) is 12.0 Å². The maximum absolute atomic E-state index is 12.6. The second kappa shape index (κ2) is 10.8. The molecule has 0 heterocycles. The smallest absolute Gasteiger partial charge is 0.321 e. The van der Waals surface area contributed by atoms with Crippen LogP contribution in [0.15, 0.2) is 46.3 Å². The Morgan fingerprint density at radius 2 is 1.83 bits per heavy atom. The number of methoxy groups -OCH3 is 1. The normalized spacial score (nSPS) is 11.7. The van der Waals surface area contributed by atoms with Crippen LogP contribution >= 0.6 is 0 Å². The molecule has 1 atom stereocenters. The maximum Gasteiger partial charge on any atom is 0.321 e. The quantitative estimate of drug-likeness (QED) is 0.193. The van der Waals surface area contributed by atoms with E-state index in [0.29, 0.717) is 17.6 Å². The fourth-order valence-corrected chi connectivity index (χ4v) is 3.75. The van der Waals surface area contributed by atoms with Crippen LogP contribution in [0.25, 0.3) is 10.8 Å². The van der Waals surface area contributed by atoms with Crippen molar-refractivity contribution in [3.05, 3.63) is 36.4 Å². The van der Waals surface area contributed by atoms with E-state index < -0.39 is 22.0 Å². The molecule has 0 spiro atoms. The molecule has 0 aliphatic carbocycles. The van der Waals surface area contributed by atoms with Crippen molar-refractivity contribution in [2.75, 3.05) is 13.7 Å². The van der Waals surface area contributed by atoms with E-state index in [9.17, 15) is 18.3 Å². The van der Waals surface area contributed by atoms with Gasteiger partial charge in [0.25, 0.3) is 0 Å². The first-order chi connectivity index (χ1) is 13.7. The van der Waals surface area contributed by atoms with Gasteiger partial charge in [-0.2, -0.15) is 4.72 Å². The summed E-state index contributed by atoms with van der Waals surface area (Å²) < 4.78 is 32.5. The zero-order chi connectivity index (χ0) is 22.0. The molecular weight excluding hydrogens is 400 g/mol. The molecule has 11 nitrogen and oxygen atoms in total. The van der Waals surface area contributed by atoms with Crippen LogP contribution < -0.4 is 20.9 Å². The van der Waals surface area contributed by atoms with Crippen LogP contribution in [0.1, 0.15) is 12.8 Å². The minimum atomic E-state index is -4.01. The number of nitrogens with zero attached hydrogens (tertiary/aromatic N) is 3. The fraction of sp³-hybridized carbons (Fsp3) is 0.294. The van der Waals surface area contributed by atoms with Gasteiger partial charge in [0.1, 0.15) is 11.8 Å². The Morgan fingerprint density at radius 3 is 2.41 bits per heavy atom. The van der Waals surface area contributed by atoms with Crippen molar-refractivity contribution < 1.29 is 23.1 Å². The number of hydrogen-bond acceptors (Lipinski definition) is 7. The van der Waals surface area contributed by atoms with Crippen molar-refractivity contribution >= 4 is 32.7 Å². The zero-order valence-corrected chi connectivity index (χ0v) is 16.5. The van der Waals surface area contributed by atoms with Crippen molar-refractivity contribution in [3.8, 4) is 5.75 Å². The van der Waals surface area contributed by atoms with Crippen LogP contribution in [-0.2, 0) is 14.8 Å². The van der Waals surface area contributed by atoms with Crippen LogP contribution in [0.5, 0.6) is 5.75 Å². The summed E-state index contributed by atoms with van der Waals surface area (Å²) in [7, 11) is -2.47. The molecule has 0 aromatic heterocycles. The lowest BCUT2D eigenvalue weighted by molar-refractivity contribution is -0.139. The summed E-state index contributed by atoms with van der Waals surface area (Å²) >= 11 is 0. The molecule has 0 aliphatic rings. The highest BCUT2D eigenvalue weighted by Crippen LogP contribution is 2.23. The predicted octanol–water partition coefficient (Wildman–Crippen LogP) is 0.664. The molecule has 0 aliphatic heterocycles. The molecule has 29 heavy (non-hydrogen) atoms. The first-order valence-corrected chi connectivity index (χ1v) is 9.79. The van der Waals surface area contributed by atoms with Gasteiger partial charge in [0, 0.05) is 17.3 Å². The Morgan fingerprint density at radius 1 is 1.21 bits per heavy atom. The van der Waals surface area contributed by atoms with Gasteiger partial charge < -0.3 is 21.3 Å². The Hall–Kier alpha value is -3.43. The van der Waals surface area contributed by atoms with Crippen molar-refractivity contribution in [1.29, 1.82) is 10.8 Å². The molecule has 0 fully saturated rings. The lowest BCUT2D eigenvalue weighted by atomic mass is 10.1. The highest BCUT2D eigenvalue weighted by Gasteiger charge is 2.25. The third-order valence-electron chi connectivity index (χ3n) is 3.87. The molecule has 0 bridgehead atoms. The summed E-state index contributed by atoms with van der Waals surface area (Å²) in [6.45, 7) is 0.214. The van der Waals surface area contributed by atoms with Gasteiger partial charge in [0.15, 0.2) is 5.96 Å². The van der Waals surface area contributed by atoms with Crippen LogP contribution in [0.2, 0.25) is 0 Å². The van der Waals surface area contributed by atoms with Crippen LogP contribution in [0.3, 0.4) is 0 Å². The topological polar surface area (TPSA) is 205 Å². The minimum absolute atomic E-state index is 0.0179. The van der Waals surface area contributed by atoms with E-state index in [1.807, 2.05) is 0 Å². The number of carboxylic acid groups (broad SMARTS) is 1. The van der Waals surface area contributed by atoms with E-state index in [4.69, 9.17) is 27.0 Å². The Kier molecular flexibility index (Phi) is 8.78. The Bertz CT molecular complexity index is 1000. The van der Waals surface area contributed by atoms with E-state index in [1.165, 1.54) is 12.1 Å². The number of carboxylic acids is 1. The minimum Gasteiger partial charge on any atom is -0.497 e. The number of nitrogens with two attached hydrogens (primary N) is 2. The van der Waals surface area contributed by atoms with Crippen molar-refractivity contribution in [2.24, 2.45) is 16.5 Å². The van der Waals surface area contributed by atoms with E-state index in [2.05, 4.69) is 9.71 Å². The van der Waals surface area contributed by atoms with E-state index in [1.54, 1.807) is 31.4 Å². The summed E-state index contributed by atoms with van der Waals surface area (Å²) in [5.74, 6) is -0.716. The molecule has 0 unspecified atom stereocenters. The van der Waals surface area contributed by atoms with Gasteiger partial charge in [-0.3, -0.25) is 9.79 Å². The number of sulfonamides is 1. The van der Waals surface area contributed by atoms with Gasteiger partial charge in [-0.05, 0) is 47.9 Å². The van der Waals surface area contributed by atoms with Gasteiger partial charge >= 0.3 is 5.97 Å². The molecule has 2 aromatic rings. The average molecular weight is 422 g/mol. The summed E-state index contributed by atoms with van der Waals surface area (Å²) in [6.07, 6.45) is 0.366. The number of carbonyl (C=O) groups is 1. The highest BCUT2D eigenvalue weighted by atomic mass is 32.2. The second-order valence-corrected chi connectivity index (χ2v) is 7.55. The lowest BCUT2D eigenvalue weighted by Gasteiger charge is -2.15. The first-order valence-electron chi connectivity index (χ1n) is 8.31. The number of aliphatic imine (C=N–C) groups is 1. The summed E-state index contributed by atoms with van der Waals surface area (Å²) in [4.78, 5) is 15.1. The van der Waals surface area contributed by atoms with Gasteiger partial charge in [-0.15, -0.1) is 0 Å². The summed E-state index contributed by atoms with van der Waals surface area (Å²) in [6, 6.07) is 8.49. The molecule has 0 amide bonds. The molecular formula is C17H22N6O5S. The number of guanidine groups is 1. The standard InChI is InChI=1S/C17H22N4O5S.N2/c1-26-13-6-4-12-10-14(7-5-11(12)9-13)27(24,25)21-15(16(22)23)3-2-8-20-17(18)19;1-2/h4-7,9-10,15,21H,2-3,8H2,1H3,(H,22,23)(H4,18,19,20);/t15-;/m0./s1. The summed E-state index contributed by atoms with van der Waals surface area (Å²) in [5.41, 5.74) is 10.4.